The van der Waals surface area contributed by atoms with Gasteiger partial charge in [-0.15, -0.1) is 10.2 Å². The molecular weight excluding hydrogens is 180 g/mol. The molecule has 0 spiro atoms. The fourth-order valence-corrected chi connectivity index (χ4v) is 0.713. The van der Waals surface area contributed by atoms with Gasteiger partial charge >= 0.3 is 0 Å². The lowest BCUT2D eigenvalue weighted by Gasteiger charge is -1.88. The number of anilines is 1. The average molecular weight is 188 g/mol. The van der Waals surface area contributed by atoms with Crippen molar-refractivity contribution < 1.29 is 0 Å². The van der Waals surface area contributed by atoms with Crippen LogP contribution in [0.15, 0.2) is 17.2 Å². The summed E-state index contributed by atoms with van der Waals surface area (Å²) >= 11 is 0. The van der Waals surface area contributed by atoms with Crippen molar-refractivity contribution in [3.8, 4) is 11.8 Å². The molecule has 70 valence electrons. The standard InChI is InChI=1S/C8H8N6/c9-8-5-4-7(12-13-8)3-1-2-6-11-14-10/h4-5H,2,6H2,(H2,9,13). The first-order valence-electron chi connectivity index (χ1n) is 3.92. The van der Waals surface area contributed by atoms with Crippen molar-refractivity contribution in [2.45, 2.75) is 6.42 Å². The van der Waals surface area contributed by atoms with E-state index >= 15 is 0 Å². The molecule has 0 saturated heterocycles. The lowest BCUT2D eigenvalue weighted by atomic mass is 10.3. The van der Waals surface area contributed by atoms with E-state index in [1.807, 2.05) is 0 Å². The highest BCUT2D eigenvalue weighted by Crippen LogP contribution is 1.94. The maximum absolute atomic E-state index is 7.99. The van der Waals surface area contributed by atoms with Crippen LogP contribution in [0.1, 0.15) is 12.1 Å². The van der Waals surface area contributed by atoms with Gasteiger partial charge in [0.15, 0.2) is 0 Å². The van der Waals surface area contributed by atoms with E-state index in [-0.39, 0.29) is 0 Å². The second-order valence-electron chi connectivity index (χ2n) is 2.35. The van der Waals surface area contributed by atoms with E-state index in [1.54, 1.807) is 12.1 Å². The zero-order valence-electron chi connectivity index (χ0n) is 7.38. The molecule has 6 heteroatoms. The molecule has 1 aromatic heterocycles. The van der Waals surface area contributed by atoms with Crippen molar-refractivity contribution >= 4 is 5.82 Å². The van der Waals surface area contributed by atoms with Crippen LogP contribution in [-0.4, -0.2) is 16.7 Å². The second kappa shape index (κ2) is 5.41. The van der Waals surface area contributed by atoms with Crippen LogP contribution in [0.25, 0.3) is 10.4 Å². The van der Waals surface area contributed by atoms with Gasteiger partial charge in [-0.25, -0.2) is 0 Å². The largest absolute Gasteiger partial charge is 0.382 e. The summed E-state index contributed by atoms with van der Waals surface area (Å²) in [5, 5.41) is 10.7. The predicted octanol–water partition coefficient (Wildman–Crippen LogP) is 1.11. The van der Waals surface area contributed by atoms with Crippen LogP contribution in [0.3, 0.4) is 0 Å². The highest BCUT2D eigenvalue weighted by Gasteiger charge is 1.88. The van der Waals surface area contributed by atoms with Gasteiger partial charge in [-0.05, 0) is 23.6 Å². The van der Waals surface area contributed by atoms with Gasteiger partial charge in [0.05, 0.1) is 0 Å². The molecule has 0 bridgehead atoms. The van der Waals surface area contributed by atoms with E-state index in [4.69, 9.17) is 11.3 Å². The van der Waals surface area contributed by atoms with Crippen LogP contribution in [-0.2, 0) is 0 Å². The number of azide groups is 1. The minimum Gasteiger partial charge on any atom is -0.382 e. The Morgan fingerprint density at radius 1 is 1.50 bits per heavy atom. The number of aromatic nitrogens is 2. The van der Waals surface area contributed by atoms with Crippen LogP contribution in [0.2, 0.25) is 0 Å². The summed E-state index contributed by atoms with van der Waals surface area (Å²) in [6.07, 6.45) is 0.510. The smallest absolute Gasteiger partial charge is 0.146 e. The molecule has 0 unspecified atom stereocenters. The molecule has 0 aromatic carbocycles. The van der Waals surface area contributed by atoms with Crippen molar-refractivity contribution in [2.75, 3.05) is 12.3 Å². The maximum atomic E-state index is 7.99. The number of rotatable bonds is 2. The number of nitrogen functional groups attached to an aromatic ring is 1. The maximum Gasteiger partial charge on any atom is 0.146 e. The Balaban J connectivity index is 2.51. The Morgan fingerprint density at radius 3 is 3.00 bits per heavy atom. The third-order valence-electron chi connectivity index (χ3n) is 1.30. The van der Waals surface area contributed by atoms with Crippen molar-refractivity contribution in [2.24, 2.45) is 5.11 Å². The molecule has 2 N–H and O–H groups in total. The summed E-state index contributed by atoms with van der Waals surface area (Å²) in [4.78, 5) is 2.60. The van der Waals surface area contributed by atoms with Crippen molar-refractivity contribution in [3.63, 3.8) is 0 Å². The summed E-state index contributed by atoms with van der Waals surface area (Å²) in [7, 11) is 0. The third kappa shape index (κ3) is 3.43. The van der Waals surface area contributed by atoms with E-state index in [0.717, 1.165) is 0 Å². The molecule has 0 fully saturated rings. The van der Waals surface area contributed by atoms with Crippen LogP contribution in [0, 0.1) is 11.8 Å². The fraction of sp³-hybridized carbons (Fsp3) is 0.250. The molecule has 0 aliphatic rings. The molecule has 0 atom stereocenters. The lowest BCUT2D eigenvalue weighted by molar-refractivity contribution is 1.01. The fourth-order valence-electron chi connectivity index (χ4n) is 0.713. The van der Waals surface area contributed by atoms with Crippen LogP contribution in [0.5, 0.6) is 0 Å². The zero-order chi connectivity index (χ0) is 10.2. The molecular formula is C8H8N6. The van der Waals surface area contributed by atoms with Gasteiger partial charge in [0.2, 0.25) is 0 Å². The Labute approximate surface area is 80.8 Å². The monoisotopic (exact) mass is 188 g/mol. The van der Waals surface area contributed by atoms with E-state index in [2.05, 4.69) is 32.1 Å². The van der Waals surface area contributed by atoms with Gasteiger partial charge in [-0.1, -0.05) is 11.0 Å². The van der Waals surface area contributed by atoms with Gasteiger partial charge in [0, 0.05) is 17.9 Å². The molecule has 14 heavy (non-hydrogen) atoms. The molecule has 1 heterocycles. The Kier molecular flexibility index (Phi) is 3.80. The summed E-state index contributed by atoms with van der Waals surface area (Å²) in [6.45, 7) is 0.367. The van der Waals surface area contributed by atoms with Crippen molar-refractivity contribution in [1.29, 1.82) is 0 Å². The van der Waals surface area contributed by atoms with Gasteiger partial charge < -0.3 is 5.73 Å². The predicted molar refractivity (Wildman–Crippen MR) is 52.0 cm³/mol. The SMILES string of the molecule is [N-]=[N+]=NCCC#Cc1ccc(N)nn1. The molecule has 0 aliphatic carbocycles. The van der Waals surface area contributed by atoms with Crippen LogP contribution in [0.4, 0.5) is 5.82 Å². The van der Waals surface area contributed by atoms with Crippen LogP contribution >= 0.6 is 0 Å². The lowest BCUT2D eigenvalue weighted by Crippen LogP contribution is -1.93. The molecule has 1 rings (SSSR count). The summed E-state index contributed by atoms with van der Waals surface area (Å²) in [5.41, 5.74) is 13.9. The first-order chi connectivity index (χ1) is 6.83. The Morgan fingerprint density at radius 2 is 2.36 bits per heavy atom. The molecule has 0 aliphatic heterocycles. The summed E-state index contributed by atoms with van der Waals surface area (Å²) in [6, 6.07) is 3.31. The van der Waals surface area contributed by atoms with Crippen molar-refractivity contribution in [1.82, 2.24) is 10.2 Å². The topological polar surface area (TPSA) is 101 Å². The van der Waals surface area contributed by atoms with E-state index < -0.39 is 0 Å². The zero-order valence-corrected chi connectivity index (χ0v) is 7.38. The normalized spacial score (nSPS) is 8.29. The number of hydrogen-bond acceptors (Lipinski definition) is 4. The first kappa shape index (κ1) is 9.84. The summed E-state index contributed by atoms with van der Waals surface area (Å²) in [5.74, 6) is 5.93. The molecule has 0 amide bonds. The number of nitrogens with zero attached hydrogens (tertiary/aromatic N) is 5. The molecule has 0 radical (unpaired) electrons. The van der Waals surface area contributed by atoms with Gasteiger partial charge in [0.1, 0.15) is 11.5 Å². The Bertz CT molecular complexity index is 392. The number of nitrogens with two attached hydrogens (primary N) is 1. The molecule has 1 aromatic rings. The molecule has 0 saturated carbocycles. The van der Waals surface area contributed by atoms with Gasteiger partial charge in [-0.2, -0.15) is 0 Å². The highest BCUT2D eigenvalue weighted by atomic mass is 15.1. The number of hydrogen-bond donors (Lipinski definition) is 1. The van der Waals surface area contributed by atoms with Gasteiger partial charge in [0.25, 0.3) is 0 Å². The van der Waals surface area contributed by atoms with E-state index in [9.17, 15) is 0 Å². The van der Waals surface area contributed by atoms with Crippen molar-refractivity contribution in [3.05, 3.63) is 28.3 Å². The Hall–Kier alpha value is -2.25. The minimum absolute atomic E-state index is 0.365. The van der Waals surface area contributed by atoms with Gasteiger partial charge in [-0.3, -0.25) is 0 Å². The van der Waals surface area contributed by atoms with E-state index in [0.29, 0.717) is 24.5 Å². The third-order valence-corrected chi connectivity index (χ3v) is 1.30. The second-order valence-corrected chi connectivity index (χ2v) is 2.35. The van der Waals surface area contributed by atoms with Crippen LogP contribution < -0.4 is 5.73 Å². The summed E-state index contributed by atoms with van der Waals surface area (Å²) < 4.78 is 0. The average Bonchev–Trinajstić information content (AvgIpc) is 2.21. The first-order valence-corrected chi connectivity index (χ1v) is 3.92. The van der Waals surface area contributed by atoms with E-state index in [1.165, 1.54) is 0 Å². The minimum atomic E-state index is 0.365. The molecule has 6 nitrogen and oxygen atoms in total. The quantitative estimate of drug-likeness (QED) is 0.247. The highest BCUT2D eigenvalue weighted by molar-refractivity contribution is 5.32.